The van der Waals surface area contributed by atoms with Crippen molar-refractivity contribution >= 4 is 20.1 Å². The van der Waals surface area contributed by atoms with E-state index in [4.69, 9.17) is 9.16 Å². The number of allylic oxidation sites excluding steroid dienone is 1. The molecule has 3 saturated carbocycles. The Bertz CT molecular complexity index is 855. The summed E-state index contributed by atoms with van der Waals surface area (Å²) in [6.07, 6.45) is 14.5. The van der Waals surface area contributed by atoms with Gasteiger partial charge in [-0.05, 0) is 105 Å². The highest BCUT2D eigenvalue weighted by Gasteiger charge is 2.59. The van der Waals surface area contributed by atoms with Crippen LogP contribution in [0.5, 0.6) is 0 Å². The Balaban J connectivity index is 1.42. The monoisotopic (exact) mass is 516 g/mol. The fourth-order valence-corrected chi connectivity index (χ4v) is 9.34. The summed E-state index contributed by atoms with van der Waals surface area (Å²) in [7, 11) is -1.66. The van der Waals surface area contributed by atoms with Crippen molar-refractivity contribution in [3.05, 3.63) is 11.6 Å². The van der Waals surface area contributed by atoms with Crippen molar-refractivity contribution in [3.63, 3.8) is 0 Å². The van der Waals surface area contributed by atoms with E-state index in [0.717, 1.165) is 45.1 Å². The van der Waals surface area contributed by atoms with Crippen LogP contribution in [0.25, 0.3) is 0 Å². The average Bonchev–Trinajstić information content (AvgIpc) is 3.10. The topological polar surface area (TPSA) is 52.6 Å². The summed E-state index contributed by atoms with van der Waals surface area (Å²) in [5.41, 5.74) is 1.59. The lowest BCUT2D eigenvalue weighted by molar-refractivity contribution is -0.157. The number of carbonyl (C=O) groups excluding carboxylic acids is 2. The van der Waals surface area contributed by atoms with Crippen molar-refractivity contribution in [1.82, 2.24) is 0 Å². The molecule has 5 heteroatoms. The third-order valence-corrected chi connectivity index (χ3v) is 15.7. The van der Waals surface area contributed by atoms with Gasteiger partial charge in [0, 0.05) is 25.4 Å². The molecule has 204 valence electrons. The second-order valence-electron chi connectivity index (χ2n) is 14.3. The molecule has 7 atom stereocenters. The molecule has 4 aliphatic carbocycles. The van der Waals surface area contributed by atoms with E-state index in [1.807, 2.05) is 6.08 Å². The number of esters is 1. The zero-order valence-electron chi connectivity index (χ0n) is 24.2. The Hall–Kier alpha value is -0.943. The highest BCUT2D eigenvalue weighted by molar-refractivity contribution is 6.74. The molecule has 0 bridgehead atoms. The van der Waals surface area contributed by atoms with E-state index < -0.39 is 8.32 Å². The summed E-state index contributed by atoms with van der Waals surface area (Å²) in [4.78, 5) is 24.2. The predicted octanol–water partition coefficient (Wildman–Crippen LogP) is 7.87. The highest BCUT2D eigenvalue weighted by atomic mass is 28.4. The van der Waals surface area contributed by atoms with E-state index in [9.17, 15) is 9.59 Å². The summed E-state index contributed by atoms with van der Waals surface area (Å²) in [6.45, 7) is 16.5. The molecule has 0 N–H and O–H groups in total. The Morgan fingerprint density at radius 2 is 1.86 bits per heavy atom. The second-order valence-corrected chi connectivity index (χ2v) is 19.1. The molecule has 0 amide bonds. The fraction of sp³-hybridized carbons (Fsp3) is 0.871. The molecular weight excluding hydrogens is 464 g/mol. The first-order valence-corrected chi connectivity index (χ1v) is 17.8. The van der Waals surface area contributed by atoms with Crippen molar-refractivity contribution in [2.24, 2.45) is 35.0 Å². The van der Waals surface area contributed by atoms with Crippen LogP contribution >= 0.6 is 0 Å². The lowest BCUT2D eigenvalue weighted by Gasteiger charge is -2.56. The number of hydrogen-bond acceptors (Lipinski definition) is 4. The fourth-order valence-electron chi connectivity index (χ4n) is 8.25. The van der Waals surface area contributed by atoms with Gasteiger partial charge in [0.2, 0.25) is 0 Å². The summed E-state index contributed by atoms with van der Waals surface area (Å²) in [5.74, 6) is 3.55. The zero-order valence-corrected chi connectivity index (χ0v) is 25.2. The van der Waals surface area contributed by atoms with E-state index in [1.54, 1.807) is 6.92 Å². The number of ether oxygens (including phenoxy) is 1. The van der Waals surface area contributed by atoms with Gasteiger partial charge in [-0.2, -0.15) is 0 Å². The van der Waals surface area contributed by atoms with Crippen molar-refractivity contribution in [1.29, 1.82) is 0 Å². The summed E-state index contributed by atoms with van der Waals surface area (Å²) in [6, 6.07) is 0. The molecule has 0 unspecified atom stereocenters. The Kier molecular flexibility index (Phi) is 8.32. The molecule has 0 spiro atoms. The Morgan fingerprint density at radius 1 is 1.11 bits per heavy atom. The SMILES string of the molecule is CC(=O)O[C@H]1CC[C@H]2[C@@H]3[C@H](CCCCCO[Si](C)(C)C(C)(C)C)CC4=CC(=O)CC[C@@H]4[C@H]3CC[C@]12C. The van der Waals surface area contributed by atoms with Gasteiger partial charge >= 0.3 is 5.97 Å². The van der Waals surface area contributed by atoms with Crippen LogP contribution in [-0.4, -0.2) is 32.8 Å². The van der Waals surface area contributed by atoms with Crippen LogP contribution in [0.2, 0.25) is 18.1 Å². The lowest BCUT2D eigenvalue weighted by Crippen LogP contribution is -2.51. The highest BCUT2D eigenvalue weighted by Crippen LogP contribution is 2.64. The molecule has 0 aromatic heterocycles. The van der Waals surface area contributed by atoms with Gasteiger partial charge < -0.3 is 9.16 Å². The van der Waals surface area contributed by atoms with Crippen molar-refractivity contribution in [2.75, 3.05) is 6.61 Å². The quantitative estimate of drug-likeness (QED) is 0.187. The van der Waals surface area contributed by atoms with Crippen LogP contribution < -0.4 is 0 Å². The summed E-state index contributed by atoms with van der Waals surface area (Å²) >= 11 is 0. The minimum Gasteiger partial charge on any atom is -0.462 e. The summed E-state index contributed by atoms with van der Waals surface area (Å²) < 4.78 is 12.3. The largest absolute Gasteiger partial charge is 0.462 e. The maximum absolute atomic E-state index is 12.3. The van der Waals surface area contributed by atoms with Gasteiger partial charge in [0.1, 0.15) is 6.10 Å². The van der Waals surface area contributed by atoms with E-state index in [2.05, 4.69) is 40.8 Å². The number of unbranched alkanes of at least 4 members (excludes halogenated alkanes) is 2. The maximum Gasteiger partial charge on any atom is 0.302 e. The molecule has 0 aromatic carbocycles. The molecule has 0 heterocycles. The van der Waals surface area contributed by atoms with E-state index in [-0.39, 0.29) is 22.5 Å². The van der Waals surface area contributed by atoms with Gasteiger partial charge in [0.05, 0.1) is 0 Å². The first-order valence-electron chi connectivity index (χ1n) is 14.9. The average molecular weight is 517 g/mol. The minimum atomic E-state index is -1.66. The van der Waals surface area contributed by atoms with Crippen LogP contribution in [0, 0.1) is 35.0 Å². The molecule has 4 nitrogen and oxygen atoms in total. The molecule has 0 aromatic rings. The minimum absolute atomic E-state index is 0.0824. The second kappa shape index (κ2) is 10.7. The first kappa shape index (κ1) is 28.1. The number of carbonyl (C=O) groups is 2. The number of rotatable bonds is 8. The molecular formula is C31H52O4Si. The number of fused-ring (bicyclic) bond motifs is 5. The van der Waals surface area contributed by atoms with Crippen LogP contribution in [-0.2, 0) is 18.8 Å². The molecule has 0 saturated heterocycles. The molecule has 0 aliphatic heterocycles. The Morgan fingerprint density at radius 3 is 2.56 bits per heavy atom. The van der Waals surface area contributed by atoms with Gasteiger partial charge in [0.15, 0.2) is 14.1 Å². The van der Waals surface area contributed by atoms with Gasteiger partial charge in [-0.25, -0.2) is 0 Å². The van der Waals surface area contributed by atoms with Crippen LogP contribution in [0.3, 0.4) is 0 Å². The van der Waals surface area contributed by atoms with Gasteiger partial charge in [-0.1, -0.05) is 46.1 Å². The molecule has 36 heavy (non-hydrogen) atoms. The smallest absolute Gasteiger partial charge is 0.302 e. The van der Waals surface area contributed by atoms with Crippen molar-refractivity contribution in [3.8, 4) is 0 Å². The lowest BCUT2D eigenvalue weighted by atomic mass is 9.49. The maximum atomic E-state index is 12.3. The normalized spacial score (nSPS) is 36.5. The van der Waals surface area contributed by atoms with E-state index in [0.29, 0.717) is 35.4 Å². The van der Waals surface area contributed by atoms with Gasteiger partial charge in [0.25, 0.3) is 0 Å². The van der Waals surface area contributed by atoms with Crippen molar-refractivity contribution in [2.45, 2.75) is 129 Å². The van der Waals surface area contributed by atoms with Gasteiger partial charge in [-0.15, -0.1) is 0 Å². The summed E-state index contributed by atoms with van der Waals surface area (Å²) in [5, 5.41) is 0.269. The molecule has 4 aliphatic rings. The van der Waals surface area contributed by atoms with Crippen LogP contribution in [0.4, 0.5) is 0 Å². The van der Waals surface area contributed by atoms with Gasteiger partial charge in [-0.3, -0.25) is 9.59 Å². The van der Waals surface area contributed by atoms with Crippen molar-refractivity contribution < 1.29 is 18.8 Å². The van der Waals surface area contributed by atoms with E-state index in [1.165, 1.54) is 37.7 Å². The van der Waals surface area contributed by atoms with Crippen LogP contribution in [0.1, 0.15) is 105 Å². The Labute approximate surface area is 221 Å². The third-order valence-electron chi connectivity index (χ3n) is 11.2. The predicted molar refractivity (Wildman–Crippen MR) is 148 cm³/mol. The number of ketones is 1. The molecule has 3 fully saturated rings. The molecule has 0 radical (unpaired) electrons. The van der Waals surface area contributed by atoms with Crippen LogP contribution in [0.15, 0.2) is 11.6 Å². The first-order chi connectivity index (χ1) is 16.8. The van der Waals surface area contributed by atoms with E-state index >= 15 is 0 Å². The standard InChI is InChI=1S/C31H52O4Si/c1-21(32)35-28-15-14-27-29-22(11-9-8-10-18-34-36(6,7)30(2,3)4)19-23-20-24(33)12-13-25(23)26(29)16-17-31(27,28)5/h20,22,25-29H,8-19H2,1-7H3/t22-,25+,26-,27+,28+,29-,31+/m1/s1. The number of hydrogen-bond donors (Lipinski definition) is 0. The third kappa shape index (κ3) is 5.58. The zero-order chi connectivity index (χ0) is 26.3. The molecule has 4 rings (SSSR count).